The number of nitrogens with zero attached hydrogens (tertiary/aromatic N) is 2. The number of carboxylic acids is 1. The number of pyridine rings is 1. The molecule has 0 bridgehead atoms. The summed E-state index contributed by atoms with van der Waals surface area (Å²) < 4.78 is 20.3. The van der Waals surface area contributed by atoms with Gasteiger partial charge in [-0.05, 0) is 59.9 Å². The Morgan fingerprint density at radius 1 is 1.17 bits per heavy atom. The number of ketones is 1. The smallest absolute Gasteiger partial charge is 0.306 e. The first-order chi connectivity index (χ1) is 17.1. The molecule has 0 spiro atoms. The molecule has 1 aliphatic heterocycles. The van der Waals surface area contributed by atoms with Gasteiger partial charge in [0.2, 0.25) is 11.8 Å². The Morgan fingerprint density at radius 2 is 1.92 bits per heavy atom. The van der Waals surface area contributed by atoms with E-state index in [0.717, 1.165) is 24.0 Å². The average molecular weight is 495 g/mol. The summed E-state index contributed by atoms with van der Waals surface area (Å²) in [5, 5.41) is 9.22. The van der Waals surface area contributed by atoms with E-state index in [1.165, 1.54) is 13.2 Å². The number of Topliss-reactive ketones (excluding diaryl/α,β-unsaturated/α-hetero) is 1. The molecule has 0 unspecified atom stereocenters. The standard InChI is InChI=1S/C28H31FN2O5/c1-28(2)8-6-16-10-15(11-20(29)24(16)28)12-22(32)25-19-4-5-23(36-3)30-21(19)7-9-31(25)26(33)17-13-18(14-17)27(34)35/h4-5,10-11,17-18,25H,6-9,12-14H2,1-3H3,(H,34,35)/t17?,18?,25-/m1/s1. The number of halogens is 1. The Hall–Kier alpha value is -3.29. The number of carbonyl (C=O) groups is 3. The summed E-state index contributed by atoms with van der Waals surface area (Å²) in [6.45, 7) is 4.38. The van der Waals surface area contributed by atoms with Gasteiger partial charge in [0, 0.05) is 36.9 Å². The highest BCUT2D eigenvalue weighted by Crippen LogP contribution is 2.42. The van der Waals surface area contributed by atoms with E-state index in [-0.39, 0.29) is 42.2 Å². The second-order valence-electron chi connectivity index (χ2n) is 10.9. The maximum atomic E-state index is 15.1. The summed E-state index contributed by atoms with van der Waals surface area (Å²) in [4.78, 5) is 44.5. The van der Waals surface area contributed by atoms with Gasteiger partial charge in [0.25, 0.3) is 0 Å². The summed E-state index contributed by atoms with van der Waals surface area (Å²) in [6, 6.07) is 5.98. The van der Waals surface area contributed by atoms with Crippen molar-refractivity contribution in [3.8, 4) is 5.88 Å². The topological polar surface area (TPSA) is 96.8 Å². The van der Waals surface area contributed by atoms with Gasteiger partial charge in [-0.2, -0.15) is 0 Å². The zero-order chi connectivity index (χ0) is 25.8. The van der Waals surface area contributed by atoms with Crippen molar-refractivity contribution < 1.29 is 28.6 Å². The van der Waals surface area contributed by atoms with Gasteiger partial charge in [-0.15, -0.1) is 0 Å². The van der Waals surface area contributed by atoms with Crippen molar-refractivity contribution in [2.24, 2.45) is 11.8 Å². The molecular weight excluding hydrogens is 463 g/mol. The predicted molar refractivity (Wildman–Crippen MR) is 129 cm³/mol. The Bertz CT molecular complexity index is 1250. The van der Waals surface area contributed by atoms with Crippen molar-refractivity contribution in [2.75, 3.05) is 13.7 Å². The molecule has 0 saturated heterocycles. The summed E-state index contributed by atoms with van der Waals surface area (Å²) in [6.07, 6.45) is 2.67. The van der Waals surface area contributed by atoms with E-state index in [4.69, 9.17) is 4.74 Å². The third-order valence-electron chi connectivity index (χ3n) is 8.12. The van der Waals surface area contributed by atoms with Crippen molar-refractivity contribution in [3.63, 3.8) is 0 Å². The van der Waals surface area contributed by atoms with Crippen LogP contribution in [-0.4, -0.2) is 46.3 Å². The molecule has 1 aromatic heterocycles. The first kappa shape index (κ1) is 24.4. The van der Waals surface area contributed by atoms with Gasteiger partial charge >= 0.3 is 5.97 Å². The van der Waals surface area contributed by atoms with Crippen LogP contribution in [0.4, 0.5) is 4.39 Å². The monoisotopic (exact) mass is 494 g/mol. The highest BCUT2D eigenvalue weighted by molar-refractivity contribution is 5.93. The number of rotatable bonds is 6. The molecule has 1 fully saturated rings. The number of methoxy groups -OCH3 is 1. The molecule has 1 aromatic carbocycles. The second-order valence-corrected chi connectivity index (χ2v) is 10.9. The number of carbonyl (C=O) groups excluding carboxylic acids is 2. The molecule has 36 heavy (non-hydrogen) atoms. The van der Waals surface area contributed by atoms with Gasteiger partial charge in [-0.3, -0.25) is 14.4 Å². The fourth-order valence-electron chi connectivity index (χ4n) is 6.07. The lowest BCUT2D eigenvalue weighted by Crippen LogP contribution is -2.50. The first-order valence-electron chi connectivity index (χ1n) is 12.5. The third-order valence-corrected chi connectivity index (χ3v) is 8.12. The molecule has 3 aliphatic rings. The fraction of sp³-hybridized carbons (Fsp3) is 0.500. The number of aromatic nitrogens is 1. The second kappa shape index (κ2) is 8.98. The Kier molecular flexibility index (Phi) is 6.09. The Labute approximate surface area is 209 Å². The fourth-order valence-corrected chi connectivity index (χ4v) is 6.07. The number of carboxylic acid groups (broad SMARTS) is 1. The minimum atomic E-state index is -0.895. The molecule has 8 heteroatoms. The maximum absolute atomic E-state index is 15.1. The van der Waals surface area contributed by atoms with Crippen LogP contribution in [0.5, 0.6) is 5.88 Å². The molecule has 2 aliphatic carbocycles. The third kappa shape index (κ3) is 4.16. The lowest BCUT2D eigenvalue weighted by molar-refractivity contribution is -0.154. The molecule has 1 N–H and O–H groups in total. The van der Waals surface area contributed by atoms with Crippen molar-refractivity contribution >= 4 is 17.7 Å². The Balaban J connectivity index is 1.45. The molecule has 7 nitrogen and oxygen atoms in total. The number of hydrogen-bond acceptors (Lipinski definition) is 5. The Morgan fingerprint density at radius 3 is 2.61 bits per heavy atom. The van der Waals surface area contributed by atoms with E-state index in [2.05, 4.69) is 4.98 Å². The molecule has 1 atom stereocenters. The lowest BCUT2D eigenvalue weighted by Gasteiger charge is -2.41. The summed E-state index contributed by atoms with van der Waals surface area (Å²) >= 11 is 0. The zero-order valence-electron chi connectivity index (χ0n) is 20.8. The van der Waals surface area contributed by atoms with E-state index in [1.807, 2.05) is 19.9 Å². The maximum Gasteiger partial charge on any atom is 0.306 e. The van der Waals surface area contributed by atoms with Crippen molar-refractivity contribution in [2.45, 2.75) is 63.8 Å². The molecule has 1 saturated carbocycles. The minimum absolute atomic E-state index is 0.00698. The summed E-state index contributed by atoms with van der Waals surface area (Å²) in [7, 11) is 1.52. The molecular formula is C28H31FN2O5. The van der Waals surface area contributed by atoms with Crippen LogP contribution < -0.4 is 4.74 Å². The van der Waals surface area contributed by atoms with Crippen molar-refractivity contribution in [1.29, 1.82) is 0 Å². The van der Waals surface area contributed by atoms with Crippen LogP contribution in [0.25, 0.3) is 0 Å². The molecule has 1 amide bonds. The van der Waals surface area contributed by atoms with E-state index in [1.54, 1.807) is 17.0 Å². The van der Waals surface area contributed by atoms with Crippen LogP contribution in [0.15, 0.2) is 24.3 Å². The number of ether oxygens (including phenoxy) is 1. The van der Waals surface area contributed by atoms with E-state index in [9.17, 15) is 19.5 Å². The van der Waals surface area contributed by atoms with Gasteiger partial charge in [-0.25, -0.2) is 9.37 Å². The van der Waals surface area contributed by atoms with Gasteiger partial charge in [0.05, 0.1) is 18.7 Å². The number of fused-ring (bicyclic) bond motifs is 2. The van der Waals surface area contributed by atoms with Crippen LogP contribution in [0.1, 0.15) is 67.1 Å². The van der Waals surface area contributed by atoms with Crippen LogP contribution in [0, 0.1) is 17.7 Å². The molecule has 5 rings (SSSR count). The molecule has 190 valence electrons. The van der Waals surface area contributed by atoms with Gasteiger partial charge in [0.1, 0.15) is 11.9 Å². The SMILES string of the molecule is COc1ccc2c(n1)CCN(C(=O)C1CC(C(=O)O)C1)[C@H]2C(=O)Cc1cc(F)c2c(c1)CCC2(C)C. The quantitative estimate of drug-likeness (QED) is 0.656. The van der Waals surface area contributed by atoms with Gasteiger partial charge in [-0.1, -0.05) is 19.9 Å². The van der Waals surface area contributed by atoms with Crippen LogP contribution in [0.3, 0.4) is 0 Å². The molecule has 2 heterocycles. The number of amides is 1. The zero-order valence-corrected chi connectivity index (χ0v) is 20.8. The number of benzene rings is 1. The number of aliphatic carboxylic acids is 1. The van der Waals surface area contributed by atoms with Crippen LogP contribution in [-0.2, 0) is 39.1 Å². The van der Waals surface area contributed by atoms with Crippen molar-refractivity contribution in [1.82, 2.24) is 9.88 Å². The van der Waals surface area contributed by atoms with Gasteiger partial charge in [0.15, 0.2) is 5.78 Å². The van der Waals surface area contributed by atoms with E-state index >= 15 is 4.39 Å². The number of aryl methyl sites for hydroxylation is 1. The highest BCUT2D eigenvalue weighted by atomic mass is 19.1. The minimum Gasteiger partial charge on any atom is -0.481 e. The summed E-state index contributed by atoms with van der Waals surface area (Å²) in [5.74, 6) is -2.07. The highest BCUT2D eigenvalue weighted by Gasteiger charge is 2.45. The number of hydrogen-bond donors (Lipinski definition) is 1. The van der Waals surface area contributed by atoms with Crippen molar-refractivity contribution in [3.05, 3.63) is 58.0 Å². The van der Waals surface area contributed by atoms with Crippen LogP contribution in [0.2, 0.25) is 0 Å². The average Bonchev–Trinajstić information content (AvgIpc) is 3.11. The normalized spacial score (nSPS) is 23.9. The van der Waals surface area contributed by atoms with Crippen LogP contribution >= 0.6 is 0 Å². The summed E-state index contributed by atoms with van der Waals surface area (Å²) in [5.41, 5.74) is 3.40. The van der Waals surface area contributed by atoms with E-state index < -0.39 is 23.8 Å². The molecule has 2 aromatic rings. The molecule has 0 radical (unpaired) electrons. The first-order valence-corrected chi connectivity index (χ1v) is 12.5. The lowest BCUT2D eigenvalue weighted by atomic mass is 9.73. The largest absolute Gasteiger partial charge is 0.481 e. The predicted octanol–water partition coefficient (Wildman–Crippen LogP) is 3.80. The van der Waals surface area contributed by atoms with E-state index in [0.29, 0.717) is 35.7 Å². The van der Waals surface area contributed by atoms with Gasteiger partial charge < -0.3 is 14.7 Å².